The van der Waals surface area contributed by atoms with Gasteiger partial charge in [-0.25, -0.2) is 22.2 Å². The summed E-state index contributed by atoms with van der Waals surface area (Å²) in [4.78, 5) is 18.7. The minimum atomic E-state index is -4.28. The molecule has 0 unspecified atom stereocenters. The van der Waals surface area contributed by atoms with E-state index < -0.39 is 44.8 Å². The number of nitrogens with zero attached hydrogens (tertiary/aromatic N) is 3. The maximum Gasteiger partial charge on any atom is 0.278 e. The van der Waals surface area contributed by atoms with Gasteiger partial charge in [0, 0.05) is 33.6 Å². The largest absolute Gasteiger partial charge is 0.333 e. The van der Waals surface area contributed by atoms with Gasteiger partial charge >= 0.3 is 0 Å². The van der Waals surface area contributed by atoms with Crippen LogP contribution < -0.4 is 0 Å². The third-order valence-corrected chi connectivity index (χ3v) is 9.95. The Bertz CT molecular complexity index is 1420. The second-order valence-corrected chi connectivity index (χ2v) is 12.1. The second kappa shape index (κ2) is 9.17. The number of nitriles is 1. The normalized spacial score (nSPS) is 20.5. The molecule has 0 bridgehead atoms. The van der Waals surface area contributed by atoms with Crippen molar-refractivity contribution in [1.29, 1.82) is 5.26 Å². The lowest BCUT2D eigenvalue weighted by molar-refractivity contribution is 0.0666. The maximum absolute atomic E-state index is 16.2. The fourth-order valence-electron chi connectivity index (χ4n) is 3.75. The van der Waals surface area contributed by atoms with Crippen LogP contribution in [0.5, 0.6) is 0 Å². The fraction of sp³-hybridized carbons (Fsp3) is 0.261. The fourth-order valence-corrected chi connectivity index (χ4v) is 7.01. The Labute approximate surface area is 207 Å². The summed E-state index contributed by atoms with van der Waals surface area (Å²) in [6.45, 7) is 0.813. The number of hydrogen-bond acceptors (Lipinski definition) is 6. The Balaban J connectivity index is 1.65. The van der Waals surface area contributed by atoms with E-state index in [1.165, 1.54) is 30.5 Å². The highest BCUT2D eigenvalue weighted by molar-refractivity contribution is 9.10. The van der Waals surface area contributed by atoms with Gasteiger partial charge in [-0.05, 0) is 45.8 Å². The predicted molar refractivity (Wildman–Crippen MR) is 127 cm³/mol. The van der Waals surface area contributed by atoms with E-state index in [0.717, 1.165) is 16.2 Å². The summed E-state index contributed by atoms with van der Waals surface area (Å²) in [6.07, 6.45) is 1.35. The molecule has 1 aromatic heterocycles. The van der Waals surface area contributed by atoms with Crippen LogP contribution in [-0.2, 0) is 14.8 Å². The van der Waals surface area contributed by atoms with Crippen molar-refractivity contribution < 1.29 is 22.0 Å². The summed E-state index contributed by atoms with van der Waals surface area (Å²) in [6, 6.07) is 12.5. The molecule has 0 saturated carbocycles. The molecule has 4 rings (SSSR count). The van der Waals surface area contributed by atoms with Crippen molar-refractivity contribution in [1.82, 2.24) is 9.88 Å². The predicted octanol–water partition coefficient (Wildman–Crippen LogP) is 4.76. The number of hydrogen-bond donors (Lipinski definition) is 0. The molecule has 2 atom stereocenters. The van der Waals surface area contributed by atoms with Crippen LogP contribution in [0.25, 0.3) is 0 Å². The molecule has 1 amide bonds. The Morgan fingerprint density at radius 1 is 1.32 bits per heavy atom. The standard InChI is InChI=1S/C23H18BrF2N3O3S2/c1-14(17-4-2-3-5-19(17)25)20-12-28-22(33-20)23(26)13-29(8-9-34(23,31)32)21(30)15-6-7-18(24)16(10-15)11-27/h2-7,10,12,14H,8-9,13H2,1H3/t14-,23+/m0/s1. The Hall–Kier alpha value is -2.68. The van der Waals surface area contributed by atoms with Crippen molar-refractivity contribution >= 4 is 43.0 Å². The topological polar surface area (TPSA) is 91.1 Å². The van der Waals surface area contributed by atoms with Gasteiger partial charge in [0.15, 0.2) is 9.84 Å². The van der Waals surface area contributed by atoms with Crippen LogP contribution in [0.2, 0.25) is 0 Å². The van der Waals surface area contributed by atoms with Crippen LogP contribution in [-0.4, -0.2) is 43.1 Å². The Morgan fingerprint density at radius 3 is 2.76 bits per heavy atom. The molecule has 1 aliphatic rings. The molecule has 34 heavy (non-hydrogen) atoms. The molecule has 6 nitrogen and oxygen atoms in total. The van der Waals surface area contributed by atoms with Crippen LogP contribution in [0, 0.1) is 17.1 Å². The highest BCUT2D eigenvalue weighted by Crippen LogP contribution is 2.41. The second-order valence-electron chi connectivity index (χ2n) is 7.89. The molecular formula is C23H18BrF2N3O3S2. The van der Waals surface area contributed by atoms with Crippen LogP contribution >= 0.6 is 27.3 Å². The number of alkyl halides is 1. The number of carbonyl (C=O) groups is 1. The monoisotopic (exact) mass is 565 g/mol. The van der Waals surface area contributed by atoms with Gasteiger partial charge in [-0.2, -0.15) is 5.26 Å². The van der Waals surface area contributed by atoms with Crippen molar-refractivity contribution in [3.05, 3.63) is 85.5 Å². The molecule has 0 spiro atoms. The summed E-state index contributed by atoms with van der Waals surface area (Å²) in [7, 11) is -4.28. The van der Waals surface area contributed by atoms with Gasteiger partial charge in [-0.15, -0.1) is 11.3 Å². The lowest BCUT2D eigenvalue weighted by atomic mass is 10.00. The summed E-state index contributed by atoms with van der Waals surface area (Å²) in [5, 5.41) is 6.02. The molecule has 176 valence electrons. The molecule has 1 aliphatic heterocycles. The highest BCUT2D eigenvalue weighted by atomic mass is 79.9. The third kappa shape index (κ3) is 4.26. The maximum atomic E-state index is 16.2. The number of amides is 1. The van der Waals surface area contributed by atoms with E-state index in [1.807, 2.05) is 6.07 Å². The number of carbonyl (C=O) groups excluding carboxylic acids is 1. The van der Waals surface area contributed by atoms with Crippen LogP contribution in [0.1, 0.15) is 44.2 Å². The van der Waals surface area contributed by atoms with Crippen LogP contribution in [0.3, 0.4) is 0 Å². The van der Waals surface area contributed by atoms with E-state index in [2.05, 4.69) is 20.9 Å². The van der Waals surface area contributed by atoms with Gasteiger partial charge in [0.05, 0.1) is 17.9 Å². The summed E-state index contributed by atoms with van der Waals surface area (Å²) >= 11 is 4.07. The summed E-state index contributed by atoms with van der Waals surface area (Å²) in [5.74, 6) is -2.05. The Morgan fingerprint density at radius 2 is 2.06 bits per heavy atom. The zero-order valence-corrected chi connectivity index (χ0v) is 21.1. The average molecular weight is 566 g/mol. The van der Waals surface area contributed by atoms with Crippen molar-refractivity contribution in [3.8, 4) is 6.07 Å². The number of sulfone groups is 1. The number of thiazole rings is 1. The molecule has 1 fully saturated rings. The molecule has 0 aliphatic carbocycles. The minimum absolute atomic E-state index is 0.148. The number of rotatable bonds is 4. The van der Waals surface area contributed by atoms with E-state index in [4.69, 9.17) is 0 Å². The van der Waals surface area contributed by atoms with Crippen LogP contribution in [0.15, 0.2) is 53.1 Å². The number of benzene rings is 2. The van der Waals surface area contributed by atoms with Crippen molar-refractivity contribution in [2.45, 2.75) is 17.8 Å². The average Bonchev–Trinajstić information content (AvgIpc) is 3.32. The molecule has 11 heteroatoms. The first-order chi connectivity index (χ1) is 16.1. The van der Waals surface area contributed by atoms with Gasteiger partial charge in [0.2, 0.25) is 0 Å². The summed E-state index contributed by atoms with van der Waals surface area (Å²) in [5.41, 5.74) is 0.764. The van der Waals surface area contributed by atoms with Crippen molar-refractivity contribution in [2.24, 2.45) is 0 Å². The van der Waals surface area contributed by atoms with E-state index >= 15 is 4.39 Å². The highest BCUT2D eigenvalue weighted by Gasteiger charge is 2.53. The number of halogens is 3. The summed E-state index contributed by atoms with van der Waals surface area (Å²) < 4.78 is 56.5. The molecular weight excluding hydrogens is 548 g/mol. The van der Waals surface area contributed by atoms with Gasteiger partial charge in [-0.3, -0.25) is 4.79 Å². The lowest BCUT2D eigenvalue weighted by Crippen LogP contribution is -2.53. The molecule has 2 heterocycles. The van der Waals surface area contributed by atoms with Crippen LogP contribution in [0.4, 0.5) is 8.78 Å². The van der Waals surface area contributed by atoms with Gasteiger partial charge in [0.25, 0.3) is 10.9 Å². The van der Waals surface area contributed by atoms with Crippen molar-refractivity contribution in [3.63, 3.8) is 0 Å². The first kappa shape index (κ1) is 24.4. The third-order valence-electron chi connectivity index (χ3n) is 5.78. The smallest absolute Gasteiger partial charge is 0.278 e. The number of aromatic nitrogens is 1. The van der Waals surface area contributed by atoms with E-state index in [1.54, 1.807) is 25.1 Å². The first-order valence-electron chi connectivity index (χ1n) is 10.2. The van der Waals surface area contributed by atoms with Gasteiger partial charge in [-0.1, -0.05) is 25.1 Å². The SMILES string of the molecule is C[C@H](c1cnc([C@@]2(F)CN(C(=O)c3ccc(Br)c(C#N)c3)CCS2(=O)=O)s1)c1ccccc1F. The van der Waals surface area contributed by atoms with Gasteiger partial charge < -0.3 is 4.90 Å². The molecule has 0 radical (unpaired) electrons. The zero-order chi connectivity index (χ0) is 24.7. The van der Waals surface area contributed by atoms with Gasteiger partial charge in [0.1, 0.15) is 16.9 Å². The van der Waals surface area contributed by atoms with Crippen molar-refractivity contribution in [2.75, 3.05) is 18.8 Å². The molecule has 0 N–H and O–H groups in total. The minimum Gasteiger partial charge on any atom is -0.333 e. The zero-order valence-electron chi connectivity index (χ0n) is 17.8. The van der Waals surface area contributed by atoms with E-state index in [0.29, 0.717) is 14.9 Å². The van der Waals surface area contributed by atoms with E-state index in [-0.39, 0.29) is 22.7 Å². The molecule has 2 aromatic carbocycles. The lowest BCUT2D eigenvalue weighted by Gasteiger charge is -2.35. The Kier molecular flexibility index (Phi) is 6.59. The molecule has 1 saturated heterocycles. The first-order valence-corrected chi connectivity index (χ1v) is 13.4. The molecule has 3 aromatic rings. The van der Waals surface area contributed by atoms with E-state index in [9.17, 15) is 22.9 Å². The quantitative estimate of drug-likeness (QED) is 0.454.